The summed E-state index contributed by atoms with van der Waals surface area (Å²) in [5.41, 5.74) is 9.49. The Hall–Kier alpha value is -1.28. The molecule has 0 aliphatic rings. The van der Waals surface area contributed by atoms with E-state index in [0.717, 1.165) is 0 Å². The molecule has 1 aromatic carbocycles. The van der Waals surface area contributed by atoms with Crippen molar-refractivity contribution in [2.24, 2.45) is 5.73 Å². The number of aromatic nitrogens is 1. The van der Waals surface area contributed by atoms with Gasteiger partial charge in [-0.25, -0.2) is 0 Å². The number of nitrogens with two attached hydrogens (primary N) is 1. The third-order valence-electron chi connectivity index (χ3n) is 2.89. The number of rotatable bonds is 2. The lowest BCUT2D eigenvalue weighted by Gasteiger charge is -2.09. The highest BCUT2D eigenvalue weighted by molar-refractivity contribution is 5.84. The second-order valence-electron chi connectivity index (χ2n) is 4.37. The van der Waals surface area contributed by atoms with Crippen LogP contribution in [0.1, 0.15) is 31.0 Å². The number of hydrogen-bond acceptors (Lipinski definition) is 1. The molecule has 0 amide bonds. The molecule has 0 bridgehead atoms. The van der Waals surface area contributed by atoms with Crippen molar-refractivity contribution in [1.82, 2.24) is 4.57 Å². The minimum atomic E-state index is 0.495. The van der Waals surface area contributed by atoms with E-state index in [1.807, 2.05) is 0 Å². The van der Waals surface area contributed by atoms with E-state index in [1.165, 1.54) is 22.0 Å². The zero-order valence-corrected chi connectivity index (χ0v) is 9.62. The molecule has 0 spiro atoms. The Morgan fingerprint density at radius 3 is 2.67 bits per heavy atom. The lowest BCUT2D eigenvalue weighted by molar-refractivity contribution is 0.621. The highest BCUT2D eigenvalue weighted by Crippen LogP contribution is 2.25. The molecule has 2 heteroatoms. The van der Waals surface area contributed by atoms with Crippen molar-refractivity contribution in [1.29, 1.82) is 0 Å². The van der Waals surface area contributed by atoms with Crippen LogP contribution >= 0.6 is 0 Å². The number of nitrogens with zero attached hydrogens (tertiary/aromatic N) is 1. The fourth-order valence-electron chi connectivity index (χ4n) is 2.03. The van der Waals surface area contributed by atoms with Gasteiger partial charge in [-0.15, -0.1) is 0 Å². The minimum absolute atomic E-state index is 0.495. The molecule has 2 nitrogen and oxygen atoms in total. The number of hydrogen-bond donors (Lipinski definition) is 1. The Bertz CT molecular complexity index is 480. The van der Waals surface area contributed by atoms with E-state index in [9.17, 15) is 0 Å². The van der Waals surface area contributed by atoms with E-state index in [2.05, 4.69) is 49.7 Å². The Balaban J connectivity index is 2.71. The fraction of sp³-hybridized carbons (Fsp3) is 0.385. The van der Waals surface area contributed by atoms with Crippen LogP contribution < -0.4 is 5.73 Å². The van der Waals surface area contributed by atoms with Crippen molar-refractivity contribution in [3.63, 3.8) is 0 Å². The Labute approximate surface area is 90.7 Å². The lowest BCUT2D eigenvalue weighted by atomic mass is 10.1. The standard InChI is InChI=1S/C13H18N2/c1-9(2)15-8-10(3)12-5-4-11(7-14)6-13(12)15/h4-6,8-9H,7,14H2,1-3H3. The average Bonchev–Trinajstić information content (AvgIpc) is 2.56. The first-order valence-electron chi connectivity index (χ1n) is 5.43. The molecular weight excluding hydrogens is 184 g/mol. The largest absolute Gasteiger partial charge is 0.345 e. The van der Waals surface area contributed by atoms with Crippen LogP contribution in [-0.2, 0) is 6.54 Å². The van der Waals surface area contributed by atoms with Crippen LogP contribution in [0.2, 0.25) is 0 Å². The van der Waals surface area contributed by atoms with Gasteiger partial charge in [-0.2, -0.15) is 0 Å². The van der Waals surface area contributed by atoms with Gasteiger partial charge in [0.05, 0.1) is 0 Å². The normalized spacial score (nSPS) is 11.5. The second-order valence-corrected chi connectivity index (χ2v) is 4.37. The predicted octanol–water partition coefficient (Wildman–Crippen LogP) is 2.99. The predicted molar refractivity (Wildman–Crippen MR) is 65.0 cm³/mol. The topological polar surface area (TPSA) is 30.9 Å². The summed E-state index contributed by atoms with van der Waals surface area (Å²) in [5, 5.41) is 1.33. The van der Waals surface area contributed by atoms with Gasteiger partial charge in [0.15, 0.2) is 0 Å². The summed E-state index contributed by atoms with van der Waals surface area (Å²) in [4.78, 5) is 0. The van der Waals surface area contributed by atoms with Gasteiger partial charge in [0.25, 0.3) is 0 Å². The third kappa shape index (κ3) is 1.65. The average molecular weight is 202 g/mol. The Kier molecular flexibility index (Phi) is 2.53. The number of fused-ring (bicyclic) bond motifs is 1. The van der Waals surface area contributed by atoms with E-state index in [4.69, 9.17) is 5.73 Å². The molecule has 2 rings (SSSR count). The summed E-state index contributed by atoms with van der Waals surface area (Å²) in [5.74, 6) is 0. The van der Waals surface area contributed by atoms with Crippen LogP contribution in [0.25, 0.3) is 10.9 Å². The first-order valence-corrected chi connectivity index (χ1v) is 5.43. The molecule has 1 aromatic heterocycles. The maximum absolute atomic E-state index is 5.66. The fourth-order valence-corrected chi connectivity index (χ4v) is 2.03. The smallest absolute Gasteiger partial charge is 0.0488 e. The first-order chi connectivity index (χ1) is 7.13. The van der Waals surface area contributed by atoms with Gasteiger partial charge in [0, 0.05) is 29.7 Å². The van der Waals surface area contributed by atoms with Gasteiger partial charge >= 0.3 is 0 Å². The molecule has 0 saturated carbocycles. The summed E-state index contributed by atoms with van der Waals surface area (Å²) < 4.78 is 2.31. The van der Waals surface area contributed by atoms with Crippen LogP contribution in [-0.4, -0.2) is 4.57 Å². The molecule has 0 aliphatic carbocycles. The molecular formula is C13H18N2. The van der Waals surface area contributed by atoms with Crippen molar-refractivity contribution < 1.29 is 0 Å². The van der Waals surface area contributed by atoms with E-state index in [-0.39, 0.29) is 0 Å². The van der Waals surface area contributed by atoms with Gasteiger partial charge in [-0.3, -0.25) is 0 Å². The molecule has 0 fully saturated rings. The molecule has 2 N–H and O–H groups in total. The molecule has 0 atom stereocenters. The molecule has 0 saturated heterocycles. The highest BCUT2D eigenvalue weighted by Gasteiger charge is 2.07. The van der Waals surface area contributed by atoms with Crippen molar-refractivity contribution in [2.75, 3.05) is 0 Å². The monoisotopic (exact) mass is 202 g/mol. The summed E-state index contributed by atoms with van der Waals surface area (Å²) in [7, 11) is 0. The van der Waals surface area contributed by atoms with Crippen molar-refractivity contribution >= 4 is 10.9 Å². The molecule has 1 heterocycles. The van der Waals surface area contributed by atoms with E-state index in [0.29, 0.717) is 12.6 Å². The van der Waals surface area contributed by atoms with Gasteiger partial charge in [-0.1, -0.05) is 12.1 Å². The first kappa shape index (κ1) is 10.2. The summed E-state index contributed by atoms with van der Waals surface area (Å²) in [6, 6.07) is 6.97. The van der Waals surface area contributed by atoms with Crippen LogP contribution in [0.5, 0.6) is 0 Å². The maximum atomic E-state index is 5.66. The molecule has 2 aromatic rings. The molecule has 0 unspecified atom stereocenters. The van der Waals surface area contributed by atoms with Gasteiger partial charge < -0.3 is 10.3 Å². The van der Waals surface area contributed by atoms with Crippen LogP contribution in [0.4, 0.5) is 0 Å². The third-order valence-corrected chi connectivity index (χ3v) is 2.89. The van der Waals surface area contributed by atoms with Gasteiger partial charge in [0.1, 0.15) is 0 Å². The zero-order chi connectivity index (χ0) is 11.0. The zero-order valence-electron chi connectivity index (χ0n) is 9.62. The molecule has 80 valence electrons. The van der Waals surface area contributed by atoms with E-state index < -0.39 is 0 Å². The lowest BCUT2D eigenvalue weighted by Crippen LogP contribution is -2.00. The minimum Gasteiger partial charge on any atom is -0.345 e. The Morgan fingerprint density at radius 2 is 2.07 bits per heavy atom. The quantitative estimate of drug-likeness (QED) is 0.797. The van der Waals surface area contributed by atoms with Crippen molar-refractivity contribution in [2.45, 2.75) is 33.4 Å². The molecule has 15 heavy (non-hydrogen) atoms. The van der Waals surface area contributed by atoms with E-state index in [1.54, 1.807) is 0 Å². The summed E-state index contributed by atoms with van der Waals surface area (Å²) in [6.07, 6.45) is 2.22. The number of benzene rings is 1. The molecule has 0 aliphatic heterocycles. The van der Waals surface area contributed by atoms with Crippen LogP contribution in [0.3, 0.4) is 0 Å². The Morgan fingerprint density at radius 1 is 1.33 bits per heavy atom. The molecule has 0 radical (unpaired) electrons. The van der Waals surface area contributed by atoms with Crippen LogP contribution in [0.15, 0.2) is 24.4 Å². The maximum Gasteiger partial charge on any atom is 0.0488 e. The summed E-state index contributed by atoms with van der Waals surface area (Å²) in [6.45, 7) is 7.17. The van der Waals surface area contributed by atoms with Crippen molar-refractivity contribution in [3.8, 4) is 0 Å². The van der Waals surface area contributed by atoms with Crippen molar-refractivity contribution in [3.05, 3.63) is 35.5 Å². The van der Waals surface area contributed by atoms with Gasteiger partial charge in [-0.05, 0) is 38.0 Å². The number of aryl methyl sites for hydroxylation is 1. The highest BCUT2D eigenvalue weighted by atomic mass is 15.0. The second kappa shape index (κ2) is 3.70. The summed E-state index contributed by atoms with van der Waals surface area (Å²) >= 11 is 0. The van der Waals surface area contributed by atoms with E-state index >= 15 is 0 Å². The van der Waals surface area contributed by atoms with Gasteiger partial charge in [0.2, 0.25) is 0 Å². The van der Waals surface area contributed by atoms with Crippen LogP contribution in [0, 0.1) is 6.92 Å². The SMILES string of the molecule is Cc1cn(C(C)C)c2cc(CN)ccc12.